The fourth-order valence-electron chi connectivity index (χ4n) is 3.02. The van der Waals surface area contributed by atoms with Gasteiger partial charge in [-0.05, 0) is 63.4 Å². The van der Waals surface area contributed by atoms with Crippen LogP contribution in [0.15, 0.2) is 24.3 Å². The van der Waals surface area contributed by atoms with Gasteiger partial charge in [0.1, 0.15) is 5.75 Å². The Bertz CT molecular complexity index is 480. The molecule has 1 atom stereocenters. The molecule has 4 nitrogen and oxygen atoms in total. The lowest BCUT2D eigenvalue weighted by atomic mass is 9.97. The van der Waals surface area contributed by atoms with E-state index in [-0.39, 0.29) is 18.3 Å². The van der Waals surface area contributed by atoms with Crippen LogP contribution in [0.4, 0.5) is 0 Å². The number of aryl methyl sites for hydroxylation is 1. The zero-order chi connectivity index (χ0) is 15.8. The molecule has 1 aliphatic heterocycles. The second-order valence-electron chi connectivity index (χ2n) is 6.17. The standard InChI is InChI=1S/C18H28N2O2.ClH/c1-15-6-3-8-17(12-15)22-11-5-9-18(21)20-10-4-7-16(14-20)13-19-2;/h3,6,8,12,16,19H,4-5,7,9-11,13-14H2,1-2H3;1H. The molecule has 2 rings (SSSR count). The van der Waals surface area contributed by atoms with Gasteiger partial charge in [-0.3, -0.25) is 4.79 Å². The van der Waals surface area contributed by atoms with Gasteiger partial charge in [-0.2, -0.15) is 0 Å². The summed E-state index contributed by atoms with van der Waals surface area (Å²) >= 11 is 0. The van der Waals surface area contributed by atoms with Gasteiger partial charge in [0.25, 0.3) is 0 Å². The maximum Gasteiger partial charge on any atom is 0.222 e. The molecule has 1 aromatic rings. The minimum atomic E-state index is 0. The molecule has 0 spiro atoms. The zero-order valence-electron chi connectivity index (χ0n) is 14.2. The zero-order valence-corrected chi connectivity index (χ0v) is 15.0. The summed E-state index contributed by atoms with van der Waals surface area (Å²) < 4.78 is 5.70. The number of halogens is 1. The minimum absolute atomic E-state index is 0. The molecule has 1 amide bonds. The highest BCUT2D eigenvalue weighted by atomic mass is 35.5. The summed E-state index contributed by atoms with van der Waals surface area (Å²) in [5.41, 5.74) is 1.19. The molecule has 0 bridgehead atoms. The van der Waals surface area contributed by atoms with Crippen molar-refractivity contribution in [2.24, 2.45) is 5.92 Å². The van der Waals surface area contributed by atoms with Crippen molar-refractivity contribution < 1.29 is 9.53 Å². The van der Waals surface area contributed by atoms with E-state index in [0.717, 1.165) is 38.2 Å². The third-order valence-corrected chi connectivity index (χ3v) is 4.16. The normalized spacial score (nSPS) is 17.5. The van der Waals surface area contributed by atoms with Crippen LogP contribution in [0.1, 0.15) is 31.2 Å². The fourth-order valence-corrected chi connectivity index (χ4v) is 3.02. The van der Waals surface area contributed by atoms with E-state index >= 15 is 0 Å². The minimum Gasteiger partial charge on any atom is -0.494 e. The van der Waals surface area contributed by atoms with Crippen LogP contribution in [-0.2, 0) is 4.79 Å². The molecule has 0 radical (unpaired) electrons. The molecule has 1 saturated heterocycles. The van der Waals surface area contributed by atoms with Crippen LogP contribution in [0.3, 0.4) is 0 Å². The monoisotopic (exact) mass is 340 g/mol. The number of hydrogen-bond acceptors (Lipinski definition) is 3. The topological polar surface area (TPSA) is 41.6 Å². The molecule has 23 heavy (non-hydrogen) atoms. The lowest BCUT2D eigenvalue weighted by molar-refractivity contribution is -0.133. The number of rotatable bonds is 7. The third kappa shape index (κ3) is 6.80. The summed E-state index contributed by atoms with van der Waals surface area (Å²) in [5, 5.41) is 3.21. The Morgan fingerprint density at radius 3 is 3.00 bits per heavy atom. The molecular weight excluding hydrogens is 312 g/mol. The van der Waals surface area contributed by atoms with Gasteiger partial charge in [-0.1, -0.05) is 12.1 Å². The van der Waals surface area contributed by atoms with E-state index in [0.29, 0.717) is 18.9 Å². The maximum atomic E-state index is 12.3. The second kappa shape index (κ2) is 10.5. The lowest BCUT2D eigenvalue weighted by Crippen LogP contribution is -2.42. The molecule has 0 aliphatic carbocycles. The summed E-state index contributed by atoms with van der Waals surface area (Å²) in [5.74, 6) is 1.76. The molecule has 1 unspecified atom stereocenters. The molecule has 130 valence electrons. The van der Waals surface area contributed by atoms with E-state index in [1.165, 1.54) is 12.0 Å². The number of carbonyl (C=O) groups excluding carboxylic acids is 1. The van der Waals surface area contributed by atoms with Crippen molar-refractivity contribution in [2.75, 3.05) is 33.3 Å². The van der Waals surface area contributed by atoms with Crippen molar-refractivity contribution in [2.45, 2.75) is 32.6 Å². The Balaban J connectivity index is 0.00000264. The number of carbonyl (C=O) groups is 1. The third-order valence-electron chi connectivity index (χ3n) is 4.16. The molecule has 1 aliphatic rings. The van der Waals surface area contributed by atoms with Gasteiger partial charge >= 0.3 is 0 Å². The first kappa shape index (κ1) is 19.8. The Hall–Kier alpha value is -1.26. The predicted molar refractivity (Wildman–Crippen MR) is 96.4 cm³/mol. The average Bonchev–Trinajstić information content (AvgIpc) is 2.52. The quantitative estimate of drug-likeness (QED) is 0.776. The van der Waals surface area contributed by atoms with Crippen LogP contribution in [-0.4, -0.2) is 44.1 Å². The number of ether oxygens (including phenoxy) is 1. The largest absolute Gasteiger partial charge is 0.494 e. The van der Waals surface area contributed by atoms with Crippen molar-refractivity contribution in [3.8, 4) is 5.75 Å². The fraction of sp³-hybridized carbons (Fsp3) is 0.611. The number of piperidine rings is 1. The highest BCUT2D eigenvalue weighted by molar-refractivity contribution is 5.85. The average molecular weight is 341 g/mol. The molecule has 5 heteroatoms. The number of nitrogens with zero attached hydrogens (tertiary/aromatic N) is 1. The van der Waals surface area contributed by atoms with Crippen molar-refractivity contribution in [1.82, 2.24) is 10.2 Å². The van der Waals surface area contributed by atoms with E-state index in [2.05, 4.69) is 5.32 Å². The molecule has 0 aromatic heterocycles. The van der Waals surface area contributed by atoms with Gasteiger partial charge in [0.2, 0.25) is 5.91 Å². The second-order valence-corrected chi connectivity index (χ2v) is 6.17. The number of likely N-dealkylation sites (tertiary alicyclic amines) is 1. The first-order valence-electron chi connectivity index (χ1n) is 8.31. The van der Waals surface area contributed by atoms with Crippen molar-refractivity contribution in [3.05, 3.63) is 29.8 Å². The summed E-state index contributed by atoms with van der Waals surface area (Å²) in [6.45, 7) is 5.47. The molecule has 1 fully saturated rings. The molecule has 1 aromatic carbocycles. The maximum absolute atomic E-state index is 12.3. The first-order valence-corrected chi connectivity index (χ1v) is 8.31. The van der Waals surface area contributed by atoms with Gasteiger partial charge in [0.05, 0.1) is 6.61 Å². The number of amides is 1. The van der Waals surface area contributed by atoms with E-state index in [1.807, 2.05) is 43.1 Å². The van der Waals surface area contributed by atoms with Crippen molar-refractivity contribution in [1.29, 1.82) is 0 Å². The molecular formula is C18H29ClN2O2. The van der Waals surface area contributed by atoms with Crippen LogP contribution >= 0.6 is 12.4 Å². The highest BCUT2D eigenvalue weighted by Gasteiger charge is 2.22. The Morgan fingerprint density at radius 1 is 1.43 bits per heavy atom. The Labute approximate surface area is 146 Å². The molecule has 0 saturated carbocycles. The summed E-state index contributed by atoms with van der Waals surface area (Å²) in [4.78, 5) is 14.3. The summed E-state index contributed by atoms with van der Waals surface area (Å²) in [6, 6.07) is 8.02. The smallest absolute Gasteiger partial charge is 0.222 e. The number of benzene rings is 1. The van der Waals surface area contributed by atoms with Gasteiger partial charge in [0, 0.05) is 19.5 Å². The van der Waals surface area contributed by atoms with Crippen LogP contribution in [0.25, 0.3) is 0 Å². The van der Waals surface area contributed by atoms with Gasteiger partial charge in [-0.25, -0.2) is 0 Å². The molecule has 1 N–H and O–H groups in total. The van der Waals surface area contributed by atoms with Crippen molar-refractivity contribution >= 4 is 18.3 Å². The summed E-state index contributed by atoms with van der Waals surface area (Å²) in [6.07, 6.45) is 3.71. The lowest BCUT2D eigenvalue weighted by Gasteiger charge is -2.32. The predicted octanol–water partition coefficient (Wildman–Crippen LogP) is 3.03. The van der Waals surface area contributed by atoms with Crippen LogP contribution in [0, 0.1) is 12.8 Å². The van der Waals surface area contributed by atoms with E-state index in [9.17, 15) is 4.79 Å². The van der Waals surface area contributed by atoms with Crippen LogP contribution in [0.2, 0.25) is 0 Å². The first-order chi connectivity index (χ1) is 10.7. The molecule has 1 heterocycles. The van der Waals surface area contributed by atoms with Crippen LogP contribution in [0.5, 0.6) is 5.75 Å². The van der Waals surface area contributed by atoms with Crippen molar-refractivity contribution in [3.63, 3.8) is 0 Å². The number of nitrogens with one attached hydrogen (secondary N) is 1. The van der Waals surface area contributed by atoms with Crippen LogP contribution < -0.4 is 10.1 Å². The number of hydrogen-bond donors (Lipinski definition) is 1. The van der Waals surface area contributed by atoms with E-state index < -0.39 is 0 Å². The Kier molecular flexibility index (Phi) is 9.03. The van der Waals surface area contributed by atoms with Gasteiger partial charge in [0.15, 0.2) is 0 Å². The highest BCUT2D eigenvalue weighted by Crippen LogP contribution is 2.17. The van der Waals surface area contributed by atoms with E-state index in [1.54, 1.807) is 0 Å². The SMILES string of the molecule is CNCC1CCCN(C(=O)CCCOc2cccc(C)c2)C1.Cl. The van der Waals surface area contributed by atoms with E-state index in [4.69, 9.17) is 4.74 Å². The van der Waals surface area contributed by atoms with Gasteiger partial charge in [-0.15, -0.1) is 12.4 Å². The Morgan fingerprint density at radius 2 is 2.26 bits per heavy atom. The summed E-state index contributed by atoms with van der Waals surface area (Å²) in [7, 11) is 1.98. The van der Waals surface area contributed by atoms with Gasteiger partial charge < -0.3 is 15.0 Å².